The molecule has 1 amide bonds. The van der Waals surface area contributed by atoms with Crippen molar-refractivity contribution in [2.75, 3.05) is 6.61 Å². The lowest BCUT2D eigenvalue weighted by Crippen LogP contribution is -2.24. The van der Waals surface area contributed by atoms with Crippen molar-refractivity contribution in [1.29, 1.82) is 0 Å². The number of rotatable bonds is 5. The number of hydrazone groups is 1. The highest BCUT2D eigenvalue weighted by Gasteiger charge is 2.07. The number of aryl methyl sites for hydroxylation is 1. The highest BCUT2D eigenvalue weighted by molar-refractivity contribution is 5.97. The van der Waals surface area contributed by atoms with Gasteiger partial charge in [-0.25, -0.2) is 10.2 Å². The summed E-state index contributed by atoms with van der Waals surface area (Å²) in [7, 11) is 0. The fourth-order valence-corrected chi connectivity index (χ4v) is 3.13. The number of ether oxygens (including phenoxy) is 1. The Kier molecular flexibility index (Phi) is 5.17. The molecule has 7 heteroatoms. The number of nitrogens with zero attached hydrogens (tertiary/aromatic N) is 1. The van der Waals surface area contributed by atoms with Crippen LogP contribution < -0.4 is 15.8 Å². The Morgan fingerprint density at radius 2 is 1.97 bits per heavy atom. The molecule has 4 rings (SSSR count). The van der Waals surface area contributed by atoms with Crippen molar-refractivity contribution in [2.24, 2.45) is 5.10 Å². The van der Waals surface area contributed by atoms with Gasteiger partial charge < -0.3 is 14.3 Å². The first-order valence-electron chi connectivity index (χ1n) is 9.21. The van der Waals surface area contributed by atoms with Crippen LogP contribution in [0.2, 0.25) is 0 Å². The van der Waals surface area contributed by atoms with E-state index in [1.807, 2.05) is 37.3 Å². The minimum Gasteiger partial charge on any atom is -0.507 e. The molecular weight excluding hydrogens is 384 g/mol. The largest absolute Gasteiger partial charge is 0.507 e. The molecule has 0 spiro atoms. The molecule has 0 radical (unpaired) electrons. The molecule has 1 aromatic heterocycles. The van der Waals surface area contributed by atoms with Crippen LogP contribution in [0.3, 0.4) is 0 Å². The number of nitrogens with one attached hydrogen (secondary N) is 1. The van der Waals surface area contributed by atoms with E-state index in [4.69, 9.17) is 9.15 Å². The topological polar surface area (TPSA) is 101 Å². The maximum atomic E-state index is 12.0. The van der Waals surface area contributed by atoms with Crippen molar-refractivity contribution in [3.63, 3.8) is 0 Å². The highest BCUT2D eigenvalue weighted by Crippen LogP contribution is 2.27. The first kappa shape index (κ1) is 19.2. The minimum atomic E-state index is -0.475. The van der Waals surface area contributed by atoms with E-state index >= 15 is 0 Å². The van der Waals surface area contributed by atoms with Crippen LogP contribution in [0.25, 0.3) is 21.7 Å². The summed E-state index contributed by atoms with van der Waals surface area (Å²) in [5, 5.41) is 16.6. The van der Waals surface area contributed by atoms with Gasteiger partial charge in [-0.3, -0.25) is 4.79 Å². The molecular formula is C23H18N2O5. The third-order valence-corrected chi connectivity index (χ3v) is 4.62. The number of benzene rings is 3. The molecule has 4 aromatic rings. The summed E-state index contributed by atoms with van der Waals surface area (Å²) in [6, 6.07) is 17.4. The van der Waals surface area contributed by atoms with Crippen molar-refractivity contribution >= 4 is 33.9 Å². The number of hydrogen-bond donors (Lipinski definition) is 2. The number of phenolic OH excluding ortho intramolecular Hbond substituents is 1. The van der Waals surface area contributed by atoms with Gasteiger partial charge in [0, 0.05) is 28.5 Å². The monoisotopic (exact) mass is 402 g/mol. The fourth-order valence-electron chi connectivity index (χ4n) is 3.13. The molecule has 0 saturated heterocycles. The Labute approximate surface area is 171 Å². The quantitative estimate of drug-likeness (QED) is 0.302. The zero-order chi connectivity index (χ0) is 21.1. The second-order valence-corrected chi connectivity index (χ2v) is 6.71. The summed E-state index contributed by atoms with van der Waals surface area (Å²) in [6.45, 7) is 1.54. The molecule has 1 heterocycles. The number of hydrogen-bond acceptors (Lipinski definition) is 6. The summed E-state index contributed by atoms with van der Waals surface area (Å²) < 4.78 is 10.6. The Morgan fingerprint density at radius 1 is 1.13 bits per heavy atom. The summed E-state index contributed by atoms with van der Waals surface area (Å²) in [4.78, 5) is 23.5. The smallest absolute Gasteiger partial charge is 0.336 e. The van der Waals surface area contributed by atoms with Crippen LogP contribution in [0.4, 0.5) is 0 Å². The van der Waals surface area contributed by atoms with Gasteiger partial charge in [-0.1, -0.05) is 30.3 Å². The van der Waals surface area contributed by atoms with Crippen molar-refractivity contribution in [1.82, 2.24) is 5.43 Å². The van der Waals surface area contributed by atoms with Gasteiger partial charge in [-0.2, -0.15) is 5.10 Å². The van der Waals surface area contributed by atoms with Gasteiger partial charge in [0.2, 0.25) is 0 Å². The van der Waals surface area contributed by atoms with Crippen LogP contribution in [-0.4, -0.2) is 23.8 Å². The van der Waals surface area contributed by atoms with E-state index in [0.29, 0.717) is 22.3 Å². The molecule has 0 fully saturated rings. The van der Waals surface area contributed by atoms with Crippen LogP contribution in [0.1, 0.15) is 11.1 Å². The van der Waals surface area contributed by atoms with Crippen molar-refractivity contribution in [3.05, 3.63) is 82.2 Å². The second-order valence-electron chi connectivity index (χ2n) is 6.71. The molecule has 3 aromatic carbocycles. The molecule has 2 N–H and O–H groups in total. The molecule has 0 atom stereocenters. The Hall–Kier alpha value is -4.13. The van der Waals surface area contributed by atoms with Gasteiger partial charge in [0.1, 0.15) is 17.1 Å². The predicted octanol–water partition coefficient (Wildman–Crippen LogP) is 3.49. The van der Waals surface area contributed by atoms with Gasteiger partial charge >= 0.3 is 5.63 Å². The average Bonchev–Trinajstić information content (AvgIpc) is 2.73. The summed E-state index contributed by atoms with van der Waals surface area (Å²) in [5.41, 5.74) is 3.59. The summed E-state index contributed by atoms with van der Waals surface area (Å²) in [5.74, 6) is 0.00942. The Balaban J connectivity index is 1.39. The maximum absolute atomic E-state index is 12.0. The van der Waals surface area contributed by atoms with Crippen molar-refractivity contribution < 1.29 is 19.1 Å². The first-order chi connectivity index (χ1) is 14.5. The molecule has 0 aliphatic rings. The Bertz CT molecular complexity index is 1340. The molecule has 0 saturated carbocycles. The Morgan fingerprint density at radius 3 is 2.83 bits per heavy atom. The molecule has 0 aliphatic heterocycles. The highest BCUT2D eigenvalue weighted by atomic mass is 16.5. The van der Waals surface area contributed by atoms with Gasteiger partial charge in [0.25, 0.3) is 5.91 Å². The van der Waals surface area contributed by atoms with Crippen LogP contribution in [0.5, 0.6) is 11.5 Å². The number of amides is 1. The lowest BCUT2D eigenvalue weighted by atomic mass is 10.1. The van der Waals surface area contributed by atoms with Crippen molar-refractivity contribution in [2.45, 2.75) is 6.92 Å². The third kappa shape index (κ3) is 4.00. The summed E-state index contributed by atoms with van der Waals surface area (Å²) >= 11 is 0. The van der Waals surface area contributed by atoms with Gasteiger partial charge in [-0.05, 0) is 36.1 Å². The molecule has 0 aliphatic carbocycles. The minimum absolute atomic E-state index is 0.0929. The molecule has 150 valence electrons. The second kappa shape index (κ2) is 8.08. The number of fused-ring (bicyclic) bond motifs is 2. The van der Waals surface area contributed by atoms with E-state index in [1.165, 1.54) is 12.3 Å². The zero-order valence-electron chi connectivity index (χ0n) is 16.1. The van der Waals surface area contributed by atoms with Crippen LogP contribution in [-0.2, 0) is 4.79 Å². The number of aromatic hydroxyl groups is 1. The van der Waals surface area contributed by atoms with E-state index in [-0.39, 0.29) is 12.4 Å². The van der Waals surface area contributed by atoms with Crippen LogP contribution in [0.15, 0.2) is 75.0 Å². The maximum Gasteiger partial charge on any atom is 0.336 e. The number of carbonyl (C=O) groups is 1. The van der Waals surface area contributed by atoms with Crippen LogP contribution in [0, 0.1) is 6.92 Å². The van der Waals surface area contributed by atoms with E-state index in [9.17, 15) is 14.7 Å². The third-order valence-electron chi connectivity index (χ3n) is 4.62. The first-order valence-corrected chi connectivity index (χ1v) is 9.21. The summed E-state index contributed by atoms with van der Waals surface area (Å²) in [6.07, 6.45) is 1.37. The fraction of sp³-hybridized carbons (Fsp3) is 0.0870. The normalized spacial score (nSPS) is 11.2. The van der Waals surface area contributed by atoms with Crippen LogP contribution >= 0.6 is 0 Å². The van der Waals surface area contributed by atoms with E-state index < -0.39 is 11.5 Å². The lowest BCUT2D eigenvalue weighted by molar-refractivity contribution is -0.123. The molecule has 30 heavy (non-hydrogen) atoms. The predicted molar refractivity (Wildman–Crippen MR) is 114 cm³/mol. The number of carbonyl (C=O) groups excluding carboxylic acids is 1. The molecule has 7 nitrogen and oxygen atoms in total. The van der Waals surface area contributed by atoms with Gasteiger partial charge in [-0.15, -0.1) is 0 Å². The van der Waals surface area contributed by atoms with Gasteiger partial charge in [0.05, 0.1) is 6.21 Å². The van der Waals surface area contributed by atoms with Gasteiger partial charge in [0.15, 0.2) is 6.61 Å². The van der Waals surface area contributed by atoms with E-state index in [1.54, 1.807) is 24.3 Å². The lowest BCUT2D eigenvalue weighted by Gasteiger charge is -2.07. The SMILES string of the molecule is Cc1cc(=O)oc2cc(OCC(=O)NN=Cc3ccc4ccccc4c3O)ccc12. The standard InChI is InChI=1S/C23H18N2O5/c1-14-10-22(27)30-20-11-17(8-9-18(14)20)29-13-21(26)25-24-12-16-7-6-15-4-2-3-5-19(15)23(16)28/h2-12,28H,13H2,1H3,(H,25,26). The zero-order valence-corrected chi connectivity index (χ0v) is 16.1. The van der Waals surface area contributed by atoms with E-state index in [2.05, 4.69) is 10.5 Å². The average molecular weight is 402 g/mol. The number of phenols is 1. The molecule has 0 unspecified atom stereocenters. The van der Waals surface area contributed by atoms with Crippen molar-refractivity contribution in [3.8, 4) is 11.5 Å². The van der Waals surface area contributed by atoms with E-state index in [0.717, 1.165) is 16.3 Å². The molecule has 0 bridgehead atoms.